The number of carbonyl (C=O) groups excluding carboxylic acids is 1. The number of sulfone groups is 1. The van der Waals surface area contributed by atoms with Crippen molar-refractivity contribution in [2.24, 2.45) is 0 Å². The lowest BCUT2D eigenvalue weighted by Crippen LogP contribution is -2.28. The lowest BCUT2D eigenvalue weighted by molar-refractivity contribution is 0.0956. The number of nitrogens with one attached hydrogen (secondary N) is 1. The molecular weight excluding hydrogens is 247 g/mol. The van der Waals surface area contributed by atoms with Gasteiger partial charge in [-0.05, 0) is 18.2 Å². The quantitative estimate of drug-likeness (QED) is 0.756. The summed E-state index contributed by atoms with van der Waals surface area (Å²) in [4.78, 5) is 11.5. The summed E-state index contributed by atoms with van der Waals surface area (Å²) in [5.41, 5.74) is 5.37. The Morgan fingerprint density at radius 2 is 2.12 bits per heavy atom. The van der Waals surface area contributed by atoms with E-state index in [4.69, 9.17) is 5.73 Å². The number of hydrogen-bond acceptors (Lipinski definition) is 4. The maximum absolute atomic E-state index is 12.8. The molecule has 0 saturated heterocycles. The smallest absolute Gasteiger partial charge is 0.251 e. The maximum Gasteiger partial charge on any atom is 0.251 e. The fraction of sp³-hybridized carbons (Fsp3) is 0.300. The molecule has 0 radical (unpaired) electrons. The number of amides is 1. The zero-order valence-corrected chi connectivity index (χ0v) is 10.1. The number of anilines is 1. The summed E-state index contributed by atoms with van der Waals surface area (Å²) in [7, 11) is -3.12. The van der Waals surface area contributed by atoms with Gasteiger partial charge in [0.25, 0.3) is 5.91 Å². The van der Waals surface area contributed by atoms with Crippen LogP contribution in [0.4, 0.5) is 10.1 Å². The van der Waals surface area contributed by atoms with Crippen molar-refractivity contribution in [1.29, 1.82) is 0 Å². The molecule has 0 unspecified atom stereocenters. The van der Waals surface area contributed by atoms with Crippen molar-refractivity contribution in [2.45, 2.75) is 0 Å². The number of carbonyl (C=O) groups is 1. The van der Waals surface area contributed by atoms with Gasteiger partial charge in [0.1, 0.15) is 15.7 Å². The second-order valence-electron chi connectivity index (χ2n) is 3.62. The van der Waals surface area contributed by atoms with Gasteiger partial charge in [-0.3, -0.25) is 4.79 Å². The molecule has 0 saturated carbocycles. The Kier molecular flexibility index (Phi) is 4.06. The van der Waals surface area contributed by atoms with Crippen LogP contribution in [0.2, 0.25) is 0 Å². The van der Waals surface area contributed by atoms with E-state index in [1.807, 2.05) is 0 Å². The number of halogens is 1. The summed E-state index contributed by atoms with van der Waals surface area (Å²) >= 11 is 0. The first-order valence-electron chi connectivity index (χ1n) is 4.80. The van der Waals surface area contributed by atoms with E-state index in [9.17, 15) is 17.6 Å². The zero-order chi connectivity index (χ0) is 13.1. The zero-order valence-electron chi connectivity index (χ0n) is 9.23. The van der Waals surface area contributed by atoms with Crippen LogP contribution in [0.25, 0.3) is 0 Å². The number of nitrogen functional groups attached to an aromatic ring is 1. The third-order valence-corrected chi connectivity index (χ3v) is 2.96. The van der Waals surface area contributed by atoms with Gasteiger partial charge in [0.05, 0.1) is 11.4 Å². The van der Waals surface area contributed by atoms with Crippen LogP contribution in [0.5, 0.6) is 0 Å². The van der Waals surface area contributed by atoms with Gasteiger partial charge in [-0.25, -0.2) is 12.8 Å². The number of rotatable bonds is 4. The molecule has 1 aromatic rings. The summed E-state index contributed by atoms with van der Waals surface area (Å²) in [5.74, 6) is -1.23. The predicted octanol–water partition coefficient (Wildman–Crippen LogP) is 0.182. The average Bonchev–Trinajstić information content (AvgIpc) is 2.20. The van der Waals surface area contributed by atoms with Crippen molar-refractivity contribution in [3.8, 4) is 0 Å². The molecule has 0 aliphatic rings. The average molecular weight is 260 g/mol. The van der Waals surface area contributed by atoms with Crippen molar-refractivity contribution < 1.29 is 17.6 Å². The molecule has 0 aromatic heterocycles. The summed E-state index contributed by atoms with van der Waals surface area (Å²) in [5, 5.41) is 2.41. The topological polar surface area (TPSA) is 89.3 Å². The Labute approximate surface area is 98.7 Å². The fourth-order valence-corrected chi connectivity index (χ4v) is 1.61. The van der Waals surface area contributed by atoms with Crippen molar-refractivity contribution in [2.75, 3.05) is 24.3 Å². The van der Waals surface area contributed by atoms with E-state index < -0.39 is 21.6 Å². The molecule has 17 heavy (non-hydrogen) atoms. The van der Waals surface area contributed by atoms with Crippen LogP contribution in [-0.2, 0) is 9.84 Å². The second-order valence-corrected chi connectivity index (χ2v) is 5.88. The third-order valence-electron chi connectivity index (χ3n) is 2.02. The van der Waals surface area contributed by atoms with Crippen LogP contribution in [-0.4, -0.2) is 32.9 Å². The monoisotopic (exact) mass is 260 g/mol. The van der Waals surface area contributed by atoms with Gasteiger partial charge < -0.3 is 11.1 Å². The van der Waals surface area contributed by atoms with Crippen molar-refractivity contribution >= 4 is 21.4 Å². The van der Waals surface area contributed by atoms with Gasteiger partial charge in [-0.2, -0.15) is 0 Å². The normalized spacial score (nSPS) is 11.2. The highest BCUT2D eigenvalue weighted by Gasteiger charge is 2.09. The van der Waals surface area contributed by atoms with Crippen LogP contribution < -0.4 is 11.1 Å². The van der Waals surface area contributed by atoms with E-state index in [1.165, 1.54) is 12.1 Å². The minimum absolute atomic E-state index is 0.00888. The SMILES string of the molecule is CS(=O)(=O)CCNC(=O)c1ccc(F)c(N)c1. The number of benzene rings is 1. The molecule has 1 aromatic carbocycles. The lowest BCUT2D eigenvalue weighted by Gasteiger charge is -2.05. The molecule has 94 valence electrons. The maximum atomic E-state index is 12.8. The van der Waals surface area contributed by atoms with Crippen molar-refractivity contribution in [3.05, 3.63) is 29.6 Å². The largest absolute Gasteiger partial charge is 0.396 e. The molecule has 0 bridgehead atoms. The van der Waals surface area contributed by atoms with E-state index in [-0.39, 0.29) is 23.5 Å². The molecule has 3 N–H and O–H groups in total. The van der Waals surface area contributed by atoms with E-state index in [0.717, 1.165) is 12.3 Å². The minimum atomic E-state index is -3.12. The molecular formula is C10H13FN2O3S. The van der Waals surface area contributed by atoms with Crippen LogP contribution in [0.3, 0.4) is 0 Å². The predicted molar refractivity (Wildman–Crippen MR) is 62.9 cm³/mol. The van der Waals surface area contributed by atoms with Gasteiger partial charge in [-0.15, -0.1) is 0 Å². The molecule has 0 atom stereocenters. The molecule has 0 aliphatic heterocycles. The van der Waals surface area contributed by atoms with Crippen LogP contribution >= 0.6 is 0 Å². The van der Waals surface area contributed by atoms with Gasteiger partial charge in [0, 0.05) is 18.4 Å². The van der Waals surface area contributed by atoms with Gasteiger partial charge in [0.2, 0.25) is 0 Å². The molecule has 0 fully saturated rings. The Bertz CT molecular complexity index is 528. The van der Waals surface area contributed by atoms with E-state index in [1.54, 1.807) is 0 Å². The molecule has 0 aliphatic carbocycles. The summed E-state index contributed by atoms with van der Waals surface area (Å²) < 4.78 is 34.5. The van der Waals surface area contributed by atoms with E-state index >= 15 is 0 Å². The number of hydrogen-bond donors (Lipinski definition) is 2. The summed E-state index contributed by atoms with van der Waals surface area (Å²) in [6.07, 6.45) is 1.08. The molecule has 1 rings (SSSR count). The fourth-order valence-electron chi connectivity index (χ4n) is 1.14. The van der Waals surface area contributed by atoms with Crippen LogP contribution in [0.1, 0.15) is 10.4 Å². The van der Waals surface area contributed by atoms with Gasteiger partial charge >= 0.3 is 0 Å². The minimum Gasteiger partial charge on any atom is -0.396 e. The Balaban J connectivity index is 2.61. The summed E-state index contributed by atoms with van der Waals surface area (Å²) in [6.45, 7) is 0.00888. The lowest BCUT2D eigenvalue weighted by atomic mass is 10.2. The van der Waals surface area contributed by atoms with Gasteiger partial charge in [-0.1, -0.05) is 0 Å². The van der Waals surface area contributed by atoms with Gasteiger partial charge in [0.15, 0.2) is 0 Å². The van der Waals surface area contributed by atoms with Crippen molar-refractivity contribution in [1.82, 2.24) is 5.32 Å². The Hall–Kier alpha value is -1.63. The molecule has 5 nitrogen and oxygen atoms in total. The number of nitrogens with two attached hydrogens (primary N) is 1. The highest BCUT2D eigenvalue weighted by molar-refractivity contribution is 7.90. The molecule has 1 amide bonds. The van der Waals surface area contributed by atoms with E-state index in [0.29, 0.717) is 0 Å². The first-order chi connectivity index (χ1) is 7.79. The van der Waals surface area contributed by atoms with Crippen molar-refractivity contribution in [3.63, 3.8) is 0 Å². The molecule has 7 heteroatoms. The Morgan fingerprint density at radius 3 is 2.65 bits per heavy atom. The first kappa shape index (κ1) is 13.4. The first-order valence-corrected chi connectivity index (χ1v) is 6.86. The van der Waals surface area contributed by atoms with Crippen LogP contribution in [0.15, 0.2) is 18.2 Å². The van der Waals surface area contributed by atoms with Crippen LogP contribution in [0, 0.1) is 5.82 Å². The standard InChI is InChI=1S/C10H13FN2O3S/c1-17(15,16)5-4-13-10(14)7-2-3-8(11)9(12)6-7/h2-3,6H,4-5,12H2,1H3,(H,13,14). The van der Waals surface area contributed by atoms with E-state index in [2.05, 4.69) is 5.32 Å². The third kappa shape index (κ3) is 4.39. The molecule has 0 heterocycles. The highest BCUT2D eigenvalue weighted by Crippen LogP contribution is 2.11. The summed E-state index contributed by atoms with van der Waals surface area (Å²) in [6, 6.07) is 3.56. The Morgan fingerprint density at radius 1 is 1.47 bits per heavy atom. The second kappa shape index (κ2) is 5.13. The highest BCUT2D eigenvalue weighted by atomic mass is 32.2. The molecule has 0 spiro atoms.